The van der Waals surface area contributed by atoms with Crippen molar-refractivity contribution in [2.24, 2.45) is 0 Å². The van der Waals surface area contributed by atoms with Gasteiger partial charge in [0.15, 0.2) is 0 Å². The van der Waals surface area contributed by atoms with Gasteiger partial charge in [0.2, 0.25) is 5.91 Å². The molecule has 0 spiro atoms. The first-order valence-corrected chi connectivity index (χ1v) is 6.35. The number of benzene rings is 1. The first-order chi connectivity index (χ1) is 9.27. The zero-order chi connectivity index (χ0) is 14.9. The second-order valence-electron chi connectivity index (χ2n) is 4.95. The van der Waals surface area contributed by atoms with Crippen LogP contribution in [0.1, 0.15) is 31.1 Å². The van der Waals surface area contributed by atoms with Crippen molar-refractivity contribution >= 4 is 5.91 Å². The van der Waals surface area contributed by atoms with E-state index in [0.717, 1.165) is 12.1 Å². The van der Waals surface area contributed by atoms with Gasteiger partial charge in [0, 0.05) is 20.0 Å². The van der Waals surface area contributed by atoms with E-state index in [1.54, 1.807) is 17.9 Å². The van der Waals surface area contributed by atoms with Crippen LogP contribution >= 0.6 is 0 Å². The van der Waals surface area contributed by atoms with Crippen molar-refractivity contribution in [2.75, 3.05) is 13.1 Å². The van der Waals surface area contributed by atoms with Gasteiger partial charge in [0.1, 0.15) is 0 Å². The van der Waals surface area contributed by atoms with Crippen LogP contribution in [0, 0.1) is 0 Å². The third-order valence-corrected chi connectivity index (χ3v) is 3.37. The number of hydrogen-bond donors (Lipinski definition) is 0. The van der Waals surface area contributed by atoms with E-state index in [1.165, 1.54) is 13.0 Å². The molecular weight excluding hydrogens is 271 g/mol. The Morgan fingerprint density at radius 1 is 1.40 bits per heavy atom. The lowest BCUT2D eigenvalue weighted by atomic mass is 10.1. The van der Waals surface area contributed by atoms with Crippen molar-refractivity contribution in [1.29, 1.82) is 0 Å². The molecule has 1 atom stereocenters. The van der Waals surface area contributed by atoms with Crippen molar-refractivity contribution in [2.45, 2.75) is 32.2 Å². The van der Waals surface area contributed by atoms with Gasteiger partial charge in [-0.1, -0.05) is 12.1 Å². The highest BCUT2D eigenvalue weighted by Crippen LogP contribution is 2.32. The lowest BCUT2D eigenvalue weighted by Gasteiger charge is -2.39. The maximum atomic E-state index is 12.6. The number of halogens is 3. The van der Waals surface area contributed by atoms with Gasteiger partial charge in [-0.3, -0.25) is 4.79 Å². The average molecular weight is 287 g/mol. The van der Waals surface area contributed by atoms with Crippen LogP contribution in [0.3, 0.4) is 0 Å². The molecule has 110 valence electrons. The van der Waals surface area contributed by atoms with Gasteiger partial charge < -0.3 is 9.64 Å². The first kappa shape index (κ1) is 14.8. The van der Waals surface area contributed by atoms with E-state index in [9.17, 15) is 18.0 Å². The Hall–Kier alpha value is -1.56. The molecular formula is C14H16F3NO2. The molecule has 20 heavy (non-hydrogen) atoms. The predicted octanol–water partition coefficient (Wildman–Crippen LogP) is 3.01. The van der Waals surface area contributed by atoms with Gasteiger partial charge in [-0.05, 0) is 24.6 Å². The highest BCUT2D eigenvalue weighted by Gasteiger charge is 2.33. The topological polar surface area (TPSA) is 29.5 Å². The van der Waals surface area contributed by atoms with Crippen molar-refractivity contribution in [3.8, 4) is 0 Å². The molecule has 6 heteroatoms. The number of amides is 1. The molecule has 1 saturated heterocycles. The Bertz CT molecular complexity index is 495. The SMILES string of the molecule is CC(=O)N1CC(OC(C)c2cccc(C(F)(F)F)c2)C1. The lowest BCUT2D eigenvalue weighted by Crippen LogP contribution is -2.54. The smallest absolute Gasteiger partial charge is 0.367 e. The second kappa shape index (κ2) is 5.44. The van der Waals surface area contributed by atoms with Gasteiger partial charge in [-0.2, -0.15) is 13.2 Å². The molecule has 1 aromatic carbocycles. The summed E-state index contributed by atoms with van der Waals surface area (Å²) in [5, 5.41) is 0. The molecule has 1 aliphatic rings. The molecule has 3 nitrogen and oxygen atoms in total. The summed E-state index contributed by atoms with van der Waals surface area (Å²) in [5.74, 6) is -0.0171. The van der Waals surface area contributed by atoms with Crippen LogP contribution in [0.5, 0.6) is 0 Å². The number of likely N-dealkylation sites (tertiary alicyclic amines) is 1. The Labute approximate surface area is 115 Å². The van der Waals surface area contributed by atoms with E-state index in [1.807, 2.05) is 0 Å². The van der Waals surface area contributed by atoms with Crippen LogP contribution in [0.4, 0.5) is 13.2 Å². The van der Waals surface area contributed by atoms with E-state index in [4.69, 9.17) is 4.74 Å². The molecule has 0 saturated carbocycles. The maximum absolute atomic E-state index is 12.6. The van der Waals surface area contributed by atoms with Crippen LogP contribution in [0.15, 0.2) is 24.3 Å². The average Bonchev–Trinajstić information content (AvgIpc) is 2.31. The van der Waals surface area contributed by atoms with Crippen LogP contribution in [0.2, 0.25) is 0 Å². The Morgan fingerprint density at radius 2 is 2.05 bits per heavy atom. The summed E-state index contributed by atoms with van der Waals surface area (Å²) in [4.78, 5) is 12.7. The fourth-order valence-electron chi connectivity index (χ4n) is 2.12. The molecule has 0 aromatic heterocycles. The quantitative estimate of drug-likeness (QED) is 0.855. The molecule has 1 fully saturated rings. The maximum Gasteiger partial charge on any atom is 0.416 e. The summed E-state index contributed by atoms with van der Waals surface area (Å²) in [6, 6.07) is 5.13. The fourth-order valence-corrected chi connectivity index (χ4v) is 2.12. The summed E-state index contributed by atoms with van der Waals surface area (Å²) in [5.41, 5.74) is -0.189. The van der Waals surface area contributed by atoms with Gasteiger partial charge in [-0.15, -0.1) is 0 Å². The summed E-state index contributed by atoms with van der Waals surface area (Å²) in [7, 11) is 0. The Balaban J connectivity index is 1.97. The Morgan fingerprint density at radius 3 is 2.60 bits per heavy atom. The minimum absolute atomic E-state index is 0.0171. The minimum Gasteiger partial charge on any atom is -0.367 e. The summed E-state index contributed by atoms with van der Waals surface area (Å²) < 4.78 is 43.5. The molecule has 0 N–H and O–H groups in total. The normalized spacial score (nSPS) is 17.8. The summed E-state index contributed by atoms with van der Waals surface area (Å²) in [6.45, 7) is 4.19. The highest BCUT2D eigenvalue weighted by molar-refractivity contribution is 5.74. The molecule has 0 aliphatic carbocycles. The van der Waals surface area contributed by atoms with Crippen molar-refractivity contribution in [1.82, 2.24) is 4.90 Å². The minimum atomic E-state index is -4.35. The number of carbonyl (C=O) groups excluding carboxylic acids is 1. The largest absolute Gasteiger partial charge is 0.416 e. The van der Waals surface area contributed by atoms with E-state index in [0.29, 0.717) is 18.7 Å². The lowest BCUT2D eigenvalue weighted by molar-refractivity contribution is -0.147. The third-order valence-electron chi connectivity index (χ3n) is 3.37. The number of carbonyl (C=O) groups is 1. The standard InChI is InChI=1S/C14H16F3NO2/c1-9(20-13-7-18(8-13)10(2)19)11-4-3-5-12(6-11)14(15,16)17/h3-6,9,13H,7-8H2,1-2H3. The number of ether oxygens (including phenoxy) is 1. The fraction of sp³-hybridized carbons (Fsp3) is 0.500. The van der Waals surface area contributed by atoms with Crippen molar-refractivity contribution < 1.29 is 22.7 Å². The molecule has 1 heterocycles. The van der Waals surface area contributed by atoms with E-state index in [-0.39, 0.29) is 12.0 Å². The summed E-state index contributed by atoms with van der Waals surface area (Å²) in [6.07, 6.45) is -4.89. The monoisotopic (exact) mass is 287 g/mol. The molecule has 1 unspecified atom stereocenters. The molecule has 0 bridgehead atoms. The van der Waals surface area contributed by atoms with E-state index >= 15 is 0 Å². The van der Waals surface area contributed by atoms with Gasteiger partial charge in [-0.25, -0.2) is 0 Å². The first-order valence-electron chi connectivity index (χ1n) is 6.35. The van der Waals surface area contributed by atoms with Crippen LogP contribution in [-0.4, -0.2) is 30.0 Å². The van der Waals surface area contributed by atoms with Crippen LogP contribution < -0.4 is 0 Å². The van der Waals surface area contributed by atoms with E-state index in [2.05, 4.69) is 0 Å². The van der Waals surface area contributed by atoms with Crippen molar-refractivity contribution in [3.05, 3.63) is 35.4 Å². The molecule has 1 amide bonds. The molecule has 1 aromatic rings. The number of rotatable bonds is 3. The van der Waals surface area contributed by atoms with Crippen LogP contribution in [-0.2, 0) is 15.7 Å². The third kappa shape index (κ3) is 3.30. The predicted molar refractivity (Wildman–Crippen MR) is 67.0 cm³/mol. The molecule has 0 radical (unpaired) electrons. The zero-order valence-electron chi connectivity index (χ0n) is 11.3. The zero-order valence-corrected chi connectivity index (χ0v) is 11.3. The van der Waals surface area contributed by atoms with Gasteiger partial charge >= 0.3 is 6.18 Å². The summed E-state index contributed by atoms with van der Waals surface area (Å²) >= 11 is 0. The second-order valence-corrected chi connectivity index (χ2v) is 4.95. The Kier molecular flexibility index (Phi) is 4.04. The van der Waals surface area contributed by atoms with Crippen molar-refractivity contribution in [3.63, 3.8) is 0 Å². The molecule has 1 aliphatic heterocycles. The number of alkyl halides is 3. The highest BCUT2D eigenvalue weighted by atomic mass is 19.4. The van der Waals surface area contributed by atoms with E-state index < -0.39 is 17.8 Å². The molecule has 2 rings (SSSR count). The number of hydrogen-bond acceptors (Lipinski definition) is 2. The number of nitrogens with zero attached hydrogens (tertiary/aromatic N) is 1. The van der Waals surface area contributed by atoms with Crippen LogP contribution in [0.25, 0.3) is 0 Å². The van der Waals surface area contributed by atoms with Gasteiger partial charge in [0.25, 0.3) is 0 Å². The van der Waals surface area contributed by atoms with Gasteiger partial charge in [0.05, 0.1) is 17.8 Å².